The Morgan fingerprint density at radius 1 is 0.393 bits per heavy atom. The topological polar surface area (TPSA) is 9.86 Å². The third-order valence-electron chi connectivity index (χ3n) is 13.4. The van der Waals surface area contributed by atoms with Gasteiger partial charge in [0.1, 0.15) is 0 Å². The second kappa shape index (κ2) is 15.4. The van der Waals surface area contributed by atoms with Crippen LogP contribution in [0.3, 0.4) is 0 Å². The first kappa shape index (κ1) is 39.0. The maximum atomic E-state index is 2.59. The first-order chi connectivity index (χ1) is 29.7. The molecule has 304 valence electrons. The van der Waals surface area contributed by atoms with E-state index in [4.69, 9.17) is 0 Å². The minimum absolute atomic E-state index is 0.357. The summed E-state index contributed by atoms with van der Waals surface area (Å²) in [6, 6.07) is 53.6. The van der Waals surface area contributed by atoms with Crippen LogP contribution in [0.1, 0.15) is 114 Å². The van der Waals surface area contributed by atoms with Crippen LogP contribution < -0.4 is 0 Å². The zero-order chi connectivity index (χ0) is 42.1. The quantitative estimate of drug-likeness (QED) is 0.0912. The Labute approximate surface area is 362 Å². The number of aromatic nitrogens is 2. The first-order valence-corrected chi connectivity index (χ1v) is 22.9. The first-order valence-electron chi connectivity index (χ1n) is 22.9. The maximum absolute atomic E-state index is 2.59. The van der Waals surface area contributed by atoms with Crippen molar-refractivity contribution in [2.75, 3.05) is 0 Å². The zero-order valence-electron chi connectivity index (χ0n) is 37.2. The van der Waals surface area contributed by atoms with Gasteiger partial charge in [-0.3, -0.25) is 0 Å². The number of benzene rings is 8. The summed E-state index contributed by atoms with van der Waals surface area (Å²) in [5, 5.41) is 5.36. The van der Waals surface area contributed by atoms with Crippen LogP contribution in [0.15, 0.2) is 140 Å². The smallest absolute Gasteiger partial charge is 0.0568 e. The van der Waals surface area contributed by atoms with E-state index in [2.05, 4.69) is 204 Å². The molecule has 0 fully saturated rings. The molecule has 0 unspecified atom stereocenters. The molecule has 2 aliphatic rings. The van der Waals surface area contributed by atoms with Crippen LogP contribution in [0.2, 0.25) is 0 Å². The van der Waals surface area contributed by atoms with E-state index in [1.54, 1.807) is 0 Å². The fourth-order valence-electron chi connectivity index (χ4n) is 10.7. The molecule has 61 heavy (non-hydrogen) atoms. The van der Waals surface area contributed by atoms with Crippen molar-refractivity contribution in [1.29, 1.82) is 0 Å². The summed E-state index contributed by atoms with van der Waals surface area (Å²) in [6.07, 6.45) is 4.31. The number of para-hydroxylation sites is 2. The molecule has 0 aliphatic carbocycles. The van der Waals surface area contributed by atoms with Crippen LogP contribution in [-0.2, 0) is 12.8 Å². The molecule has 2 heterocycles. The van der Waals surface area contributed by atoms with E-state index in [0.29, 0.717) is 17.8 Å². The summed E-state index contributed by atoms with van der Waals surface area (Å²) in [5.41, 5.74) is 22.6. The van der Waals surface area contributed by atoms with E-state index < -0.39 is 0 Å². The van der Waals surface area contributed by atoms with E-state index in [0.717, 1.165) is 25.7 Å². The van der Waals surface area contributed by atoms with E-state index >= 15 is 0 Å². The molecule has 0 saturated heterocycles. The van der Waals surface area contributed by atoms with E-state index in [-0.39, 0.29) is 0 Å². The second-order valence-electron chi connectivity index (χ2n) is 18.4. The Morgan fingerprint density at radius 2 is 0.852 bits per heavy atom. The second-order valence-corrected chi connectivity index (χ2v) is 18.4. The monoisotopic (exact) mass is 794 g/mol. The minimum Gasteiger partial charge on any atom is -0.309 e. The Bertz CT molecular complexity index is 2970. The molecule has 0 amide bonds. The van der Waals surface area contributed by atoms with Crippen LogP contribution in [0.5, 0.6) is 0 Å². The summed E-state index contributed by atoms with van der Waals surface area (Å²) >= 11 is 0. The Kier molecular flexibility index (Phi) is 9.86. The maximum Gasteiger partial charge on any atom is 0.0568 e. The largest absolute Gasteiger partial charge is 0.309 e. The molecule has 2 nitrogen and oxygen atoms in total. The number of hydrogen-bond donors (Lipinski definition) is 0. The predicted molar refractivity (Wildman–Crippen MR) is 264 cm³/mol. The fraction of sp³-hybridized carbons (Fsp3) is 0.254. The summed E-state index contributed by atoms with van der Waals surface area (Å²) in [4.78, 5) is 0. The lowest BCUT2D eigenvalue weighted by atomic mass is 9.78. The lowest BCUT2D eigenvalue weighted by molar-refractivity contribution is 0.807. The van der Waals surface area contributed by atoms with Crippen molar-refractivity contribution >= 4 is 43.6 Å². The Morgan fingerprint density at radius 3 is 1.28 bits per heavy atom. The third kappa shape index (κ3) is 6.12. The molecule has 8 aromatic rings. The highest BCUT2D eigenvalue weighted by Crippen LogP contribution is 2.55. The average molecular weight is 795 g/mol. The van der Waals surface area contributed by atoms with Crippen molar-refractivity contribution in [3.05, 3.63) is 167 Å². The summed E-state index contributed by atoms with van der Waals surface area (Å²) in [5.74, 6) is 1.16. The number of nitrogens with zero attached hydrogens (tertiary/aromatic N) is 2. The van der Waals surface area contributed by atoms with E-state index in [1.807, 2.05) is 0 Å². The normalized spacial score (nSPS) is 12.3. The van der Waals surface area contributed by atoms with Gasteiger partial charge in [-0.25, -0.2) is 0 Å². The molecule has 0 bridgehead atoms. The SMILES string of the molecule is CCCc1cccc(CCC)c1-c1c2cccc3c2c2c4c1cccc4n(-c1ccccc1)c1cc(-c4c(C(C)C)cc(C(C)C)cc4C(C)C)cc(c1-2)n3-c1ccccc1. The molecule has 0 spiro atoms. The summed E-state index contributed by atoms with van der Waals surface area (Å²) in [7, 11) is 0. The molecule has 8 aromatic carbocycles. The molecule has 10 rings (SSSR count). The summed E-state index contributed by atoms with van der Waals surface area (Å²) < 4.78 is 5.17. The van der Waals surface area contributed by atoms with Gasteiger partial charge in [0.05, 0.1) is 22.1 Å². The lowest BCUT2D eigenvalue weighted by Crippen LogP contribution is -2.12. The molecule has 2 heteroatoms. The predicted octanol–water partition coefficient (Wildman–Crippen LogP) is 17.0. The Balaban J connectivity index is 1.50. The Hall–Kier alpha value is -6.12. The molecule has 0 atom stereocenters. The highest BCUT2D eigenvalue weighted by Gasteiger charge is 2.31. The van der Waals surface area contributed by atoms with Crippen LogP contribution in [0.4, 0.5) is 0 Å². The average Bonchev–Trinajstić information content (AvgIpc) is 3.27. The third-order valence-corrected chi connectivity index (χ3v) is 13.4. The van der Waals surface area contributed by atoms with Gasteiger partial charge in [0.2, 0.25) is 0 Å². The minimum atomic E-state index is 0.357. The van der Waals surface area contributed by atoms with Gasteiger partial charge >= 0.3 is 0 Å². The van der Waals surface area contributed by atoms with Gasteiger partial charge in [-0.1, -0.05) is 159 Å². The van der Waals surface area contributed by atoms with Gasteiger partial charge in [-0.2, -0.15) is 0 Å². The molecule has 0 aromatic heterocycles. The van der Waals surface area contributed by atoms with Crippen LogP contribution in [0.25, 0.3) is 88.4 Å². The summed E-state index contributed by atoms with van der Waals surface area (Å²) in [6.45, 7) is 18.8. The van der Waals surface area contributed by atoms with Crippen molar-refractivity contribution in [3.8, 4) is 44.8 Å². The van der Waals surface area contributed by atoms with Crippen LogP contribution in [0, 0.1) is 0 Å². The van der Waals surface area contributed by atoms with Gasteiger partial charge in [-0.05, 0) is 140 Å². The zero-order valence-corrected chi connectivity index (χ0v) is 37.2. The lowest BCUT2D eigenvalue weighted by Gasteiger charge is -2.32. The van der Waals surface area contributed by atoms with Gasteiger partial charge in [0, 0.05) is 33.3 Å². The van der Waals surface area contributed by atoms with Crippen molar-refractivity contribution in [3.63, 3.8) is 0 Å². The molecule has 0 saturated carbocycles. The van der Waals surface area contributed by atoms with Crippen molar-refractivity contribution in [2.24, 2.45) is 0 Å². The van der Waals surface area contributed by atoms with Crippen molar-refractivity contribution < 1.29 is 0 Å². The molecule has 0 radical (unpaired) electrons. The van der Waals surface area contributed by atoms with Crippen LogP contribution >= 0.6 is 0 Å². The molecule has 2 aliphatic heterocycles. The number of hydrogen-bond acceptors (Lipinski definition) is 0. The van der Waals surface area contributed by atoms with Crippen molar-refractivity contribution in [1.82, 2.24) is 9.13 Å². The standard InChI is InChI=1S/C59H58N2/c1-9-20-39-22-17-23-40(21-10-2)53(39)55-45-28-18-30-49-56(45)59-57-46(55)29-19-31-50(57)61(44-26-15-12-16-27-44)52-35-42(34-51(58(52)59)60(49)43-24-13-11-14-25-43)54-47(37(5)6)32-41(36(3)4)33-48(54)38(7)8/h11-19,22-38H,9-10,20-21H2,1-8H3. The van der Waals surface area contributed by atoms with Crippen LogP contribution in [-0.4, -0.2) is 9.13 Å². The van der Waals surface area contributed by atoms with E-state index in [1.165, 1.54) is 116 Å². The van der Waals surface area contributed by atoms with Gasteiger partial charge in [0.15, 0.2) is 0 Å². The molecule has 0 N–H and O–H groups in total. The van der Waals surface area contributed by atoms with Gasteiger partial charge in [-0.15, -0.1) is 0 Å². The molecular formula is C59H58N2. The highest BCUT2D eigenvalue weighted by atomic mass is 15.0. The van der Waals surface area contributed by atoms with Gasteiger partial charge < -0.3 is 9.13 Å². The van der Waals surface area contributed by atoms with E-state index in [9.17, 15) is 0 Å². The van der Waals surface area contributed by atoms with Crippen molar-refractivity contribution in [2.45, 2.75) is 98.8 Å². The molecular weight excluding hydrogens is 737 g/mol. The number of rotatable bonds is 11. The fourth-order valence-corrected chi connectivity index (χ4v) is 10.7. The number of aryl methyl sites for hydroxylation is 2. The highest BCUT2D eigenvalue weighted by molar-refractivity contribution is 6.33. The number of pyridine rings is 2. The van der Waals surface area contributed by atoms with Gasteiger partial charge in [0.25, 0.3) is 0 Å².